The van der Waals surface area contributed by atoms with Crippen LogP contribution in [-0.2, 0) is 4.79 Å². The molecule has 1 atom stereocenters. The van der Waals surface area contributed by atoms with Crippen LogP contribution >= 0.6 is 11.6 Å². The van der Waals surface area contributed by atoms with Gasteiger partial charge in [-0.2, -0.15) is 0 Å². The fourth-order valence-electron chi connectivity index (χ4n) is 3.63. The molecule has 132 valence electrons. The zero-order valence-electron chi connectivity index (χ0n) is 14.1. The van der Waals surface area contributed by atoms with E-state index in [2.05, 4.69) is 15.3 Å². The number of carbonyl (C=O) groups excluding carboxylic acids is 2. The van der Waals surface area contributed by atoms with Gasteiger partial charge in [-0.25, -0.2) is 4.98 Å². The van der Waals surface area contributed by atoms with E-state index >= 15 is 0 Å². The summed E-state index contributed by atoms with van der Waals surface area (Å²) in [6, 6.07) is 2.94. The van der Waals surface area contributed by atoms with Crippen LogP contribution in [0, 0.1) is 5.41 Å². The first kappa shape index (κ1) is 16.4. The molecule has 1 spiro atoms. The minimum atomic E-state index is -0.555. The Morgan fingerprint density at radius 3 is 2.68 bits per heavy atom. The molecule has 1 saturated heterocycles. The molecule has 2 N–H and O–H groups in total. The molecule has 1 aliphatic heterocycles. The van der Waals surface area contributed by atoms with Gasteiger partial charge < -0.3 is 15.2 Å². The van der Waals surface area contributed by atoms with Gasteiger partial charge in [0.25, 0.3) is 5.91 Å². The summed E-state index contributed by atoms with van der Waals surface area (Å²) >= 11 is 6.03. The number of rotatable bonds is 3. The zero-order valence-corrected chi connectivity index (χ0v) is 14.9. The van der Waals surface area contributed by atoms with E-state index in [1.165, 1.54) is 12.8 Å². The fraction of sp³-hybridized carbons (Fsp3) is 0.500. The summed E-state index contributed by atoms with van der Waals surface area (Å²) in [5, 5.41) is 3.92. The maximum Gasteiger partial charge on any atom is 0.268 e. The zero-order chi connectivity index (χ0) is 17.6. The molecule has 0 radical (unpaired) electrons. The van der Waals surface area contributed by atoms with Crippen molar-refractivity contribution in [3.63, 3.8) is 0 Å². The van der Waals surface area contributed by atoms with E-state index in [4.69, 9.17) is 11.6 Å². The molecular formula is C18H21ClN4O2. The Morgan fingerprint density at radius 1 is 1.32 bits per heavy atom. The molecule has 4 rings (SSSR count). The first-order valence-corrected chi connectivity index (χ1v) is 9.08. The summed E-state index contributed by atoms with van der Waals surface area (Å²) in [5.41, 5.74) is 1.53. The van der Waals surface area contributed by atoms with Gasteiger partial charge in [0, 0.05) is 24.7 Å². The molecule has 2 aromatic rings. The molecule has 2 fully saturated rings. The van der Waals surface area contributed by atoms with E-state index in [0.29, 0.717) is 21.8 Å². The topological polar surface area (TPSA) is 78.1 Å². The molecule has 2 amide bonds. The number of piperidine rings is 1. The molecule has 25 heavy (non-hydrogen) atoms. The third-order valence-corrected chi connectivity index (χ3v) is 5.84. The van der Waals surface area contributed by atoms with E-state index in [9.17, 15) is 9.59 Å². The number of amides is 2. The lowest BCUT2D eigenvalue weighted by molar-refractivity contribution is -0.134. The van der Waals surface area contributed by atoms with E-state index in [1.54, 1.807) is 25.3 Å². The number of halogens is 1. The minimum absolute atomic E-state index is 0.0142. The Kier molecular flexibility index (Phi) is 3.95. The van der Waals surface area contributed by atoms with Crippen LogP contribution < -0.4 is 5.32 Å². The summed E-state index contributed by atoms with van der Waals surface area (Å²) in [6.07, 6.45) is 6.38. The van der Waals surface area contributed by atoms with Crippen molar-refractivity contribution in [1.29, 1.82) is 0 Å². The molecule has 1 saturated carbocycles. The first-order chi connectivity index (χ1) is 12.0. The van der Waals surface area contributed by atoms with Gasteiger partial charge in [-0.3, -0.25) is 9.59 Å². The summed E-state index contributed by atoms with van der Waals surface area (Å²) in [6.45, 7) is 3.33. The maximum absolute atomic E-state index is 12.6. The summed E-state index contributed by atoms with van der Waals surface area (Å²) in [7, 11) is 0. The van der Waals surface area contributed by atoms with Gasteiger partial charge in [0.05, 0.1) is 5.52 Å². The minimum Gasteiger partial charge on any atom is -0.348 e. The van der Waals surface area contributed by atoms with Crippen LogP contribution in [0.4, 0.5) is 0 Å². The Hall–Kier alpha value is -2.08. The van der Waals surface area contributed by atoms with Crippen molar-refractivity contribution < 1.29 is 9.59 Å². The number of nitrogens with zero attached hydrogens (tertiary/aromatic N) is 2. The van der Waals surface area contributed by atoms with Gasteiger partial charge in [0.15, 0.2) is 5.15 Å². The Bertz CT molecular complexity index is 833. The number of aromatic amines is 1. The van der Waals surface area contributed by atoms with Gasteiger partial charge in [-0.15, -0.1) is 0 Å². The maximum atomic E-state index is 12.6. The van der Waals surface area contributed by atoms with Crippen LogP contribution in [0.1, 0.15) is 43.1 Å². The van der Waals surface area contributed by atoms with Crippen LogP contribution in [0.15, 0.2) is 18.3 Å². The van der Waals surface area contributed by atoms with Crippen molar-refractivity contribution in [3.05, 3.63) is 29.2 Å². The lowest BCUT2D eigenvalue weighted by atomic mass is 9.93. The number of hydrogen-bond donors (Lipinski definition) is 2. The number of nitrogens with one attached hydrogen (secondary N) is 2. The van der Waals surface area contributed by atoms with Crippen molar-refractivity contribution in [1.82, 2.24) is 20.2 Å². The van der Waals surface area contributed by atoms with Crippen LogP contribution in [0.25, 0.3) is 10.9 Å². The van der Waals surface area contributed by atoms with Crippen molar-refractivity contribution in [2.45, 2.75) is 38.6 Å². The number of hydrogen-bond acceptors (Lipinski definition) is 3. The highest BCUT2D eigenvalue weighted by Gasteiger charge is 2.45. The van der Waals surface area contributed by atoms with E-state index in [0.717, 1.165) is 31.3 Å². The lowest BCUT2D eigenvalue weighted by Gasteiger charge is -2.33. The number of pyridine rings is 1. The normalized spacial score (nSPS) is 19.8. The van der Waals surface area contributed by atoms with Gasteiger partial charge in [0.1, 0.15) is 11.7 Å². The second kappa shape index (κ2) is 6.02. The Balaban J connectivity index is 1.40. The standard InChI is InChI=1S/C18H21ClN4O2/c1-11(17(25)23-8-5-18(3-4-18)6-9-23)21-16(24)13-10-12-2-7-20-15(19)14(12)22-13/h2,7,10-11,22H,3-6,8-9H2,1H3,(H,21,24)/t11-/m0/s1. The highest BCUT2D eigenvalue weighted by molar-refractivity contribution is 6.33. The molecule has 0 unspecified atom stereocenters. The van der Waals surface area contributed by atoms with Crippen molar-refractivity contribution in [2.75, 3.05) is 13.1 Å². The fourth-order valence-corrected chi connectivity index (χ4v) is 3.84. The van der Waals surface area contributed by atoms with E-state index in [1.807, 2.05) is 4.90 Å². The van der Waals surface area contributed by atoms with Crippen LogP contribution in [0.3, 0.4) is 0 Å². The molecule has 2 aliphatic rings. The quantitative estimate of drug-likeness (QED) is 0.826. The summed E-state index contributed by atoms with van der Waals surface area (Å²) in [4.78, 5) is 33.9. The number of fused-ring (bicyclic) bond motifs is 1. The Morgan fingerprint density at radius 2 is 2.04 bits per heavy atom. The average molecular weight is 361 g/mol. The predicted octanol–water partition coefficient (Wildman–Crippen LogP) is 2.74. The van der Waals surface area contributed by atoms with Crippen LogP contribution in [0.2, 0.25) is 5.15 Å². The molecule has 1 aliphatic carbocycles. The Labute approximate surface area is 150 Å². The first-order valence-electron chi connectivity index (χ1n) is 8.70. The molecule has 3 heterocycles. The monoisotopic (exact) mass is 360 g/mol. The van der Waals surface area contributed by atoms with Crippen LogP contribution in [0.5, 0.6) is 0 Å². The number of H-pyrrole nitrogens is 1. The molecule has 2 aromatic heterocycles. The second-order valence-corrected chi connectivity index (χ2v) is 7.63. The molecule has 7 heteroatoms. The van der Waals surface area contributed by atoms with Gasteiger partial charge in [-0.1, -0.05) is 11.6 Å². The van der Waals surface area contributed by atoms with Crippen molar-refractivity contribution >= 4 is 34.3 Å². The SMILES string of the molecule is C[C@H](NC(=O)c1cc2ccnc(Cl)c2[nH]1)C(=O)N1CCC2(CC1)CC2. The highest BCUT2D eigenvalue weighted by Crippen LogP contribution is 2.53. The van der Waals surface area contributed by atoms with E-state index < -0.39 is 6.04 Å². The van der Waals surface area contributed by atoms with Crippen LogP contribution in [-0.4, -0.2) is 45.8 Å². The summed E-state index contributed by atoms with van der Waals surface area (Å²) < 4.78 is 0. The average Bonchev–Trinajstić information content (AvgIpc) is 3.20. The smallest absolute Gasteiger partial charge is 0.268 e. The number of aromatic nitrogens is 2. The molecule has 0 bridgehead atoms. The van der Waals surface area contributed by atoms with Gasteiger partial charge in [0.2, 0.25) is 5.91 Å². The largest absolute Gasteiger partial charge is 0.348 e. The van der Waals surface area contributed by atoms with Gasteiger partial charge in [-0.05, 0) is 50.2 Å². The lowest BCUT2D eigenvalue weighted by Crippen LogP contribution is -2.49. The third kappa shape index (κ3) is 3.11. The molecule has 0 aromatic carbocycles. The number of likely N-dealkylation sites (tertiary alicyclic amines) is 1. The molecule has 6 nitrogen and oxygen atoms in total. The number of carbonyl (C=O) groups is 2. The van der Waals surface area contributed by atoms with E-state index in [-0.39, 0.29) is 11.8 Å². The van der Waals surface area contributed by atoms with Gasteiger partial charge >= 0.3 is 0 Å². The summed E-state index contributed by atoms with van der Waals surface area (Å²) in [5.74, 6) is -0.330. The predicted molar refractivity (Wildman–Crippen MR) is 95.5 cm³/mol. The third-order valence-electron chi connectivity index (χ3n) is 5.55. The highest BCUT2D eigenvalue weighted by atomic mass is 35.5. The van der Waals surface area contributed by atoms with Crippen molar-refractivity contribution in [3.8, 4) is 0 Å². The molecular weight excluding hydrogens is 340 g/mol. The van der Waals surface area contributed by atoms with Crippen molar-refractivity contribution in [2.24, 2.45) is 5.41 Å². The second-order valence-electron chi connectivity index (χ2n) is 7.27.